The van der Waals surface area contributed by atoms with Crippen molar-refractivity contribution in [2.24, 2.45) is 5.92 Å². The van der Waals surface area contributed by atoms with Crippen LogP contribution in [0.1, 0.15) is 59.9 Å². The first-order valence-corrected chi connectivity index (χ1v) is 8.70. The van der Waals surface area contributed by atoms with Crippen molar-refractivity contribution in [2.45, 2.75) is 59.3 Å². The highest BCUT2D eigenvalue weighted by Crippen LogP contribution is 2.43. The summed E-state index contributed by atoms with van der Waals surface area (Å²) in [4.78, 5) is 36.8. The number of benzene rings is 1. The molecule has 4 heteroatoms. The van der Waals surface area contributed by atoms with Crippen LogP contribution in [-0.4, -0.2) is 24.0 Å². The average molecular weight is 328 g/mol. The van der Waals surface area contributed by atoms with Gasteiger partial charge in [0.25, 0.3) is 0 Å². The largest absolute Gasteiger partial charge is 0.493 e. The Morgan fingerprint density at radius 2 is 1.67 bits per heavy atom. The highest BCUT2D eigenvalue weighted by molar-refractivity contribution is 6.20. The molecule has 1 aromatic rings. The van der Waals surface area contributed by atoms with Gasteiger partial charge >= 0.3 is 0 Å². The number of ketones is 3. The standard InChI is InChI=1S/C20H24O4/c1-5-15(21)19-16(22)8-13(9-17(19)23)18-11(3)10(2)14-6-7-24-20(14)12(18)4/h13,19H,5-9H2,1-4H3. The van der Waals surface area contributed by atoms with Gasteiger partial charge in [-0.3, -0.25) is 14.4 Å². The quantitative estimate of drug-likeness (QED) is 0.800. The fraction of sp³-hybridized carbons (Fsp3) is 0.550. The monoisotopic (exact) mass is 328 g/mol. The molecule has 0 saturated heterocycles. The van der Waals surface area contributed by atoms with Gasteiger partial charge in [-0.25, -0.2) is 0 Å². The van der Waals surface area contributed by atoms with Gasteiger partial charge < -0.3 is 4.74 Å². The molecule has 1 aliphatic heterocycles. The van der Waals surface area contributed by atoms with Crippen molar-refractivity contribution in [3.63, 3.8) is 0 Å². The Kier molecular flexibility index (Phi) is 4.33. The Morgan fingerprint density at radius 1 is 1.04 bits per heavy atom. The molecule has 1 aliphatic carbocycles. The van der Waals surface area contributed by atoms with Gasteiger partial charge in [0.2, 0.25) is 0 Å². The lowest BCUT2D eigenvalue weighted by molar-refractivity contribution is -0.142. The molecule has 0 aromatic heterocycles. The first-order valence-electron chi connectivity index (χ1n) is 8.70. The minimum absolute atomic E-state index is 0.140. The first-order chi connectivity index (χ1) is 11.4. The molecule has 0 atom stereocenters. The zero-order valence-electron chi connectivity index (χ0n) is 14.8. The molecule has 1 aromatic carbocycles. The SMILES string of the molecule is CCC(=O)C1C(=O)CC(c2c(C)c(C)c3c(c2C)OCC3)CC1=O. The van der Waals surface area contributed by atoms with Crippen LogP contribution >= 0.6 is 0 Å². The highest BCUT2D eigenvalue weighted by atomic mass is 16.5. The summed E-state index contributed by atoms with van der Waals surface area (Å²) in [5, 5.41) is 0. The van der Waals surface area contributed by atoms with Gasteiger partial charge in [-0.15, -0.1) is 0 Å². The molecule has 0 N–H and O–H groups in total. The van der Waals surface area contributed by atoms with Gasteiger partial charge in [-0.05, 0) is 48.9 Å². The topological polar surface area (TPSA) is 60.4 Å². The third-order valence-electron chi connectivity index (χ3n) is 5.65. The molecule has 0 spiro atoms. The molecular formula is C20H24O4. The lowest BCUT2D eigenvalue weighted by Crippen LogP contribution is -2.38. The minimum Gasteiger partial charge on any atom is -0.493 e. The van der Waals surface area contributed by atoms with Crippen molar-refractivity contribution in [1.29, 1.82) is 0 Å². The second-order valence-electron chi connectivity index (χ2n) is 6.99. The molecule has 1 heterocycles. The van der Waals surface area contributed by atoms with Crippen LogP contribution < -0.4 is 4.74 Å². The van der Waals surface area contributed by atoms with Crippen molar-refractivity contribution in [2.75, 3.05) is 6.61 Å². The Labute approximate surface area is 142 Å². The molecule has 4 nitrogen and oxygen atoms in total. The van der Waals surface area contributed by atoms with Crippen LogP contribution in [0.25, 0.3) is 0 Å². The smallest absolute Gasteiger partial charge is 0.151 e. The molecule has 24 heavy (non-hydrogen) atoms. The zero-order valence-corrected chi connectivity index (χ0v) is 14.8. The van der Waals surface area contributed by atoms with Crippen LogP contribution in [0, 0.1) is 26.7 Å². The second kappa shape index (κ2) is 6.15. The van der Waals surface area contributed by atoms with Crippen LogP contribution in [0.2, 0.25) is 0 Å². The molecule has 1 fully saturated rings. The predicted octanol–water partition coefficient (Wildman–Crippen LogP) is 3.16. The number of Topliss-reactive ketones (excluding diaryl/α,β-unsaturated/α-hetero) is 3. The van der Waals surface area contributed by atoms with Crippen molar-refractivity contribution >= 4 is 17.3 Å². The summed E-state index contributed by atoms with van der Waals surface area (Å²) in [7, 11) is 0. The summed E-state index contributed by atoms with van der Waals surface area (Å²) in [5.41, 5.74) is 5.73. The van der Waals surface area contributed by atoms with E-state index in [2.05, 4.69) is 13.8 Å². The fourth-order valence-electron chi connectivity index (χ4n) is 4.33. The maximum atomic E-state index is 12.5. The van der Waals surface area contributed by atoms with E-state index in [1.165, 1.54) is 11.1 Å². The zero-order chi connectivity index (χ0) is 17.6. The lowest BCUT2D eigenvalue weighted by Gasteiger charge is -2.29. The lowest BCUT2D eigenvalue weighted by atomic mass is 9.72. The maximum Gasteiger partial charge on any atom is 0.151 e. The van der Waals surface area contributed by atoms with Crippen LogP contribution in [0.3, 0.4) is 0 Å². The molecule has 128 valence electrons. The van der Waals surface area contributed by atoms with Gasteiger partial charge in [0.15, 0.2) is 17.3 Å². The molecule has 0 bridgehead atoms. The molecular weight excluding hydrogens is 304 g/mol. The van der Waals surface area contributed by atoms with Gasteiger partial charge in [-0.2, -0.15) is 0 Å². The number of ether oxygens (including phenoxy) is 1. The van der Waals surface area contributed by atoms with Crippen molar-refractivity contribution in [3.05, 3.63) is 27.8 Å². The van der Waals surface area contributed by atoms with Crippen molar-refractivity contribution in [3.8, 4) is 5.75 Å². The third-order valence-corrected chi connectivity index (χ3v) is 5.65. The predicted molar refractivity (Wildman–Crippen MR) is 90.6 cm³/mol. The van der Waals surface area contributed by atoms with Crippen LogP contribution in [0.5, 0.6) is 5.75 Å². The summed E-state index contributed by atoms with van der Waals surface area (Å²) < 4.78 is 5.80. The Bertz CT molecular complexity index is 727. The average Bonchev–Trinajstić information content (AvgIpc) is 3.02. The molecule has 0 amide bonds. The Morgan fingerprint density at radius 3 is 2.25 bits per heavy atom. The van der Waals surface area contributed by atoms with Crippen LogP contribution in [0.4, 0.5) is 0 Å². The van der Waals surface area contributed by atoms with E-state index in [-0.39, 0.29) is 42.5 Å². The fourth-order valence-corrected chi connectivity index (χ4v) is 4.33. The number of fused-ring (bicyclic) bond motifs is 1. The Balaban J connectivity index is 2.00. The van der Waals surface area contributed by atoms with E-state index in [0.29, 0.717) is 6.61 Å². The van der Waals surface area contributed by atoms with Crippen LogP contribution in [-0.2, 0) is 20.8 Å². The van der Waals surface area contributed by atoms with E-state index < -0.39 is 5.92 Å². The second-order valence-corrected chi connectivity index (χ2v) is 6.99. The highest BCUT2D eigenvalue weighted by Gasteiger charge is 2.41. The number of hydrogen-bond donors (Lipinski definition) is 0. The van der Waals surface area contributed by atoms with Gasteiger partial charge in [-0.1, -0.05) is 6.92 Å². The molecule has 0 unspecified atom stereocenters. The van der Waals surface area contributed by atoms with Gasteiger partial charge in [0, 0.05) is 31.2 Å². The molecule has 1 saturated carbocycles. The summed E-state index contributed by atoms with van der Waals surface area (Å²) in [6.07, 6.45) is 1.68. The molecule has 2 aliphatic rings. The van der Waals surface area contributed by atoms with E-state index in [4.69, 9.17) is 4.74 Å². The van der Waals surface area contributed by atoms with Crippen molar-refractivity contribution in [1.82, 2.24) is 0 Å². The van der Waals surface area contributed by atoms with Crippen molar-refractivity contribution < 1.29 is 19.1 Å². The van der Waals surface area contributed by atoms with Gasteiger partial charge in [0.1, 0.15) is 11.7 Å². The van der Waals surface area contributed by atoms with Gasteiger partial charge in [0.05, 0.1) is 6.61 Å². The Hall–Kier alpha value is -1.97. The summed E-state index contributed by atoms with van der Waals surface area (Å²) in [6, 6.07) is 0. The normalized spacial score (nSPS) is 23.2. The third kappa shape index (κ3) is 2.48. The summed E-state index contributed by atoms with van der Waals surface area (Å²) >= 11 is 0. The van der Waals surface area contributed by atoms with Crippen LogP contribution in [0.15, 0.2) is 0 Å². The van der Waals surface area contributed by atoms with E-state index in [9.17, 15) is 14.4 Å². The summed E-state index contributed by atoms with van der Waals surface area (Å²) in [6.45, 7) is 8.56. The van der Waals surface area contributed by atoms with E-state index in [0.717, 1.165) is 28.9 Å². The number of hydrogen-bond acceptors (Lipinski definition) is 4. The molecule has 0 radical (unpaired) electrons. The van der Waals surface area contributed by atoms with E-state index >= 15 is 0 Å². The minimum atomic E-state index is -1.03. The summed E-state index contributed by atoms with van der Waals surface area (Å²) in [5.74, 6) is -0.926. The number of rotatable bonds is 3. The molecule has 3 rings (SSSR count). The number of carbonyl (C=O) groups excluding carboxylic acids is 3. The van der Waals surface area contributed by atoms with E-state index in [1.54, 1.807) is 6.92 Å². The van der Waals surface area contributed by atoms with E-state index in [1.807, 2.05) is 6.92 Å². The first kappa shape index (κ1) is 16.9. The number of carbonyl (C=O) groups is 3. The maximum absolute atomic E-state index is 12.5.